The van der Waals surface area contributed by atoms with E-state index in [1.54, 1.807) is 6.20 Å². The molecule has 0 atom stereocenters. The Labute approximate surface area is 106 Å². The van der Waals surface area contributed by atoms with Crippen molar-refractivity contribution in [1.29, 1.82) is 0 Å². The summed E-state index contributed by atoms with van der Waals surface area (Å²) in [5.41, 5.74) is 4.28. The summed E-state index contributed by atoms with van der Waals surface area (Å²) < 4.78 is 0. The van der Waals surface area contributed by atoms with Gasteiger partial charge < -0.3 is 0 Å². The predicted molar refractivity (Wildman–Crippen MR) is 69.5 cm³/mol. The van der Waals surface area contributed by atoms with Crippen LogP contribution in [0.2, 0.25) is 5.02 Å². The lowest BCUT2D eigenvalue weighted by molar-refractivity contribution is 0.200. The summed E-state index contributed by atoms with van der Waals surface area (Å²) in [4.78, 5) is 6.62. The highest BCUT2D eigenvalue weighted by Crippen LogP contribution is 2.25. The van der Waals surface area contributed by atoms with Gasteiger partial charge in [-0.15, -0.1) is 0 Å². The molecule has 1 aromatic heterocycles. The SMILES string of the molecule is Clc1ccc(NN=C2CN3CCC2CC3)nc1. The van der Waals surface area contributed by atoms with E-state index >= 15 is 0 Å². The van der Waals surface area contributed by atoms with Gasteiger partial charge in [-0.05, 0) is 38.1 Å². The lowest BCUT2D eigenvalue weighted by atomic mass is 9.87. The van der Waals surface area contributed by atoms with Crippen LogP contribution >= 0.6 is 11.6 Å². The number of nitrogens with one attached hydrogen (secondary N) is 1. The number of hydrogen-bond acceptors (Lipinski definition) is 4. The van der Waals surface area contributed by atoms with E-state index in [4.69, 9.17) is 11.6 Å². The summed E-state index contributed by atoms with van der Waals surface area (Å²) in [5.74, 6) is 1.41. The second kappa shape index (κ2) is 4.63. The smallest absolute Gasteiger partial charge is 0.146 e. The molecule has 1 aromatic rings. The molecule has 1 N–H and O–H groups in total. The van der Waals surface area contributed by atoms with Crippen LogP contribution in [0.1, 0.15) is 12.8 Å². The van der Waals surface area contributed by atoms with Crippen LogP contribution in [-0.4, -0.2) is 35.2 Å². The maximum absolute atomic E-state index is 5.78. The molecular weight excluding hydrogens is 236 g/mol. The minimum absolute atomic E-state index is 0.644. The first-order valence-corrected chi connectivity index (χ1v) is 6.35. The third kappa shape index (κ3) is 2.42. The Morgan fingerprint density at radius 1 is 1.35 bits per heavy atom. The van der Waals surface area contributed by atoms with E-state index in [2.05, 4.69) is 20.4 Å². The van der Waals surface area contributed by atoms with Crippen molar-refractivity contribution in [3.05, 3.63) is 23.4 Å². The number of fused-ring (bicyclic) bond motifs is 3. The van der Waals surface area contributed by atoms with Gasteiger partial charge in [0, 0.05) is 18.7 Å². The van der Waals surface area contributed by atoms with Crippen LogP contribution in [-0.2, 0) is 0 Å². The highest BCUT2D eigenvalue weighted by Gasteiger charge is 2.30. The number of hydrazone groups is 1. The zero-order chi connectivity index (χ0) is 11.7. The number of piperidine rings is 3. The molecule has 90 valence electrons. The summed E-state index contributed by atoms with van der Waals surface area (Å²) in [6.07, 6.45) is 4.11. The second-order valence-corrected chi connectivity index (χ2v) is 5.06. The molecule has 5 heteroatoms. The van der Waals surface area contributed by atoms with Crippen LogP contribution < -0.4 is 5.43 Å². The maximum Gasteiger partial charge on any atom is 0.146 e. The Morgan fingerprint density at radius 3 is 2.76 bits per heavy atom. The maximum atomic E-state index is 5.78. The van der Waals surface area contributed by atoms with Gasteiger partial charge >= 0.3 is 0 Å². The number of halogens is 1. The van der Waals surface area contributed by atoms with Gasteiger partial charge in [-0.3, -0.25) is 10.3 Å². The predicted octanol–water partition coefficient (Wildman–Crippen LogP) is 2.23. The molecule has 0 aromatic carbocycles. The molecule has 4 rings (SSSR count). The van der Waals surface area contributed by atoms with Gasteiger partial charge in [-0.2, -0.15) is 5.10 Å². The van der Waals surface area contributed by atoms with E-state index in [0.29, 0.717) is 10.9 Å². The Balaban J connectivity index is 1.68. The molecule has 0 radical (unpaired) electrons. The molecule has 4 nitrogen and oxygen atoms in total. The van der Waals surface area contributed by atoms with Gasteiger partial charge in [0.2, 0.25) is 0 Å². The van der Waals surface area contributed by atoms with Crippen molar-refractivity contribution in [3.8, 4) is 0 Å². The third-order valence-corrected chi connectivity index (χ3v) is 3.71. The van der Waals surface area contributed by atoms with Gasteiger partial charge in [-0.1, -0.05) is 11.6 Å². The van der Waals surface area contributed by atoms with Crippen molar-refractivity contribution in [2.45, 2.75) is 12.8 Å². The summed E-state index contributed by atoms with van der Waals surface area (Å²) >= 11 is 5.78. The van der Waals surface area contributed by atoms with E-state index in [1.807, 2.05) is 12.1 Å². The number of anilines is 1. The van der Waals surface area contributed by atoms with Gasteiger partial charge in [0.15, 0.2) is 0 Å². The first kappa shape index (κ1) is 11.0. The van der Waals surface area contributed by atoms with E-state index in [0.717, 1.165) is 12.4 Å². The van der Waals surface area contributed by atoms with E-state index in [-0.39, 0.29) is 0 Å². The van der Waals surface area contributed by atoms with Crippen molar-refractivity contribution < 1.29 is 0 Å². The molecule has 3 aliphatic heterocycles. The second-order valence-electron chi connectivity index (χ2n) is 4.63. The molecule has 0 aliphatic carbocycles. The van der Waals surface area contributed by atoms with Gasteiger partial charge in [0.25, 0.3) is 0 Å². The van der Waals surface area contributed by atoms with Crippen LogP contribution in [0.15, 0.2) is 23.4 Å². The minimum atomic E-state index is 0.644. The Kier molecular flexibility index (Phi) is 2.99. The molecule has 17 heavy (non-hydrogen) atoms. The van der Waals surface area contributed by atoms with Crippen LogP contribution in [0.5, 0.6) is 0 Å². The molecule has 3 fully saturated rings. The fraction of sp³-hybridized carbons (Fsp3) is 0.500. The third-order valence-electron chi connectivity index (χ3n) is 3.49. The molecule has 0 unspecified atom stereocenters. The Hall–Kier alpha value is -1.13. The van der Waals surface area contributed by atoms with Crippen molar-refractivity contribution in [2.75, 3.05) is 25.1 Å². The zero-order valence-electron chi connectivity index (χ0n) is 9.56. The molecule has 4 heterocycles. The molecule has 3 saturated heterocycles. The van der Waals surface area contributed by atoms with Gasteiger partial charge in [0.05, 0.1) is 10.7 Å². The van der Waals surface area contributed by atoms with Crippen molar-refractivity contribution >= 4 is 23.1 Å². The first-order valence-electron chi connectivity index (χ1n) is 5.97. The highest BCUT2D eigenvalue weighted by molar-refractivity contribution is 6.30. The highest BCUT2D eigenvalue weighted by atomic mass is 35.5. The Morgan fingerprint density at radius 2 is 2.18 bits per heavy atom. The van der Waals surface area contributed by atoms with E-state index < -0.39 is 0 Å². The molecule has 0 spiro atoms. The van der Waals surface area contributed by atoms with E-state index in [1.165, 1.54) is 31.6 Å². The largest absolute Gasteiger partial charge is 0.298 e. The van der Waals surface area contributed by atoms with E-state index in [9.17, 15) is 0 Å². The summed E-state index contributed by atoms with van der Waals surface area (Å²) in [5, 5.41) is 5.13. The quantitative estimate of drug-likeness (QED) is 0.819. The summed E-state index contributed by atoms with van der Waals surface area (Å²) in [6, 6.07) is 3.65. The standard InChI is InChI=1S/C12H15ClN4/c13-10-1-2-12(14-7-10)16-15-11-8-17-5-3-9(11)4-6-17/h1-2,7,9H,3-6,8H2,(H,14,16). The minimum Gasteiger partial charge on any atom is -0.298 e. The van der Waals surface area contributed by atoms with Crippen molar-refractivity contribution in [1.82, 2.24) is 9.88 Å². The fourth-order valence-electron chi connectivity index (χ4n) is 2.48. The average molecular weight is 251 g/mol. The van der Waals surface area contributed by atoms with Crippen LogP contribution in [0, 0.1) is 5.92 Å². The van der Waals surface area contributed by atoms with Gasteiger partial charge in [0.1, 0.15) is 5.82 Å². The van der Waals surface area contributed by atoms with Crippen molar-refractivity contribution in [3.63, 3.8) is 0 Å². The number of nitrogens with zero attached hydrogens (tertiary/aromatic N) is 3. The topological polar surface area (TPSA) is 40.5 Å². The molecule has 0 saturated carbocycles. The lowest BCUT2D eigenvalue weighted by Gasteiger charge is -2.39. The van der Waals surface area contributed by atoms with Crippen LogP contribution in [0.25, 0.3) is 0 Å². The number of pyridine rings is 1. The number of hydrogen-bond donors (Lipinski definition) is 1. The zero-order valence-corrected chi connectivity index (χ0v) is 10.3. The summed E-state index contributed by atoms with van der Waals surface area (Å²) in [7, 11) is 0. The molecule has 3 aliphatic rings. The first-order chi connectivity index (χ1) is 8.31. The normalized spacial score (nSPS) is 29.6. The monoisotopic (exact) mass is 250 g/mol. The molecular formula is C12H15ClN4. The summed E-state index contributed by atoms with van der Waals surface area (Å²) in [6.45, 7) is 3.46. The van der Waals surface area contributed by atoms with Crippen LogP contribution in [0.3, 0.4) is 0 Å². The Bertz CT molecular complexity index is 421. The molecule has 0 amide bonds. The number of aromatic nitrogens is 1. The molecule has 2 bridgehead atoms. The number of rotatable bonds is 2. The lowest BCUT2D eigenvalue weighted by Crippen LogP contribution is -2.48. The van der Waals surface area contributed by atoms with Gasteiger partial charge in [-0.25, -0.2) is 4.98 Å². The van der Waals surface area contributed by atoms with Crippen LogP contribution in [0.4, 0.5) is 5.82 Å². The van der Waals surface area contributed by atoms with Crippen molar-refractivity contribution in [2.24, 2.45) is 11.0 Å². The fourth-order valence-corrected chi connectivity index (χ4v) is 2.59. The average Bonchev–Trinajstić information content (AvgIpc) is 2.39.